The number of nitrogens with zero attached hydrogens (tertiary/aromatic N) is 4. The van der Waals surface area contributed by atoms with Gasteiger partial charge in [0.25, 0.3) is 0 Å². The fraction of sp³-hybridized carbons (Fsp3) is 0.636. The highest BCUT2D eigenvalue weighted by Crippen LogP contribution is 2.25. The van der Waals surface area contributed by atoms with Crippen molar-refractivity contribution in [3.05, 3.63) is 16.3 Å². The van der Waals surface area contributed by atoms with E-state index >= 15 is 0 Å². The molecule has 0 fully saturated rings. The van der Waals surface area contributed by atoms with Crippen molar-refractivity contribution in [1.82, 2.24) is 9.97 Å². The maximum Gasteiger partial charge on any atom is 0.329 e. The van der Waals surface area contributed by atoms with Crippen LogP contribution in [0.1, 0.15) is 20.3 Å². The molecule has 0 aliphatic heterocycles. The molecule has 0 saturated carbocycles. The molecule has 19 heavy (non-hydrogen) atoms. The van der Waals surface area contributed by atoms with Crippen LogP contribution in [0.15, 0.2) is 6.20 Å². The average Bonchev–Trinajstić information content (AvgIpc) is 2.35. The van der Waals surface area contributed by atoms with Crippen molar-refractivity contribution in [2.45, 2.75) is 26.4 Å². The molecule has 8 heteroatoms. The summed E-state index contributed by atoms with van der Waals surface area (Å²) in [7, 11) is 1.64. The van der Waals surface area contributed by atoms with Crippen molar-refractivity contribution in [2.75, 3.05) is 30.4 Å². The number of aliphatic hydroxyl groups is 1. The zero-order chi connectivity index (χ0) is 14.4. The van der Waals surface area contributed by atoms with Gasteiger partial charge >= 0.3 is 5.69 Å². The van der Waals surface area contributed by atoms with Crippen molar-refractivity contribution in [3.63, 3.8) is 0 Å². The second-order valence-electron chi connectivity index (χ2n) is 4.32. The molecule has 0 aromatic carbocycles. The second kappa shape index (κ2) is 6.83. The Morgan fingerprint density at radius 3 is 2.84 bits per heavy atom. The lowest BCUT2D eigenvalue weighted by Gasteiger charge is -2.19. The predicted octanol–water partition coefficient (Wildman–Crippen LogP) is 1.02. The van der Waals surface area contributed by atoms with Gasteiger partial charge in [-0.1, -0.05) is 6.92 Å². The standard InChI is InChI=1S/C11H19N5O3/c1-4-5-12-11-13-6-9(16(18)19)10(14-11)15(3)7-8(2)17/h6,8,17H,4-5,7H2,1-3H3,(H,12,13,14). The Bertz CT molecular complexity index is 438. The van der Waals surface area contributed by atoms with Gasteiger partial charge in [0.15, 0.2) is 0 Å². The summed E-state index contributed by atoms with van der Waals surface area (Å²) in [6.45, 7) is 4.56. The minimum Gasteiger partial charge on any atom is -0.392 e. The summed E-state index contributed by atoms with van der Waals surface area (Å²) >= 11 is 0. The number of rotatable bonds is 7. The minimum atomic E-state index is -0.605. The van der Waals surface area contributed by atoms with Gasteiger partial charge < -0.3 is 15.3 Å². The molecule has 1 aromatic rings. The topological polar surface area (TPSA) is 104 Å². The van der Waals surface area contributed by atoms with E-state index in [1.165, 1.54) is 6.20 Å². The number of likely N-dealkylation sites (N-methyl/N-ethyl adjacent to an activating group) is 1. The highest BCUT2D eigenvalue weighted by atomic mass is 16.6. The summed E-state index contributed by atoms with van der Waals surface area (Å²) in [5.74, 6) is 0.541. The SMILES string of the molecule is CCCNc1ncc([N+](=O)[O-])c(N(C)CC(C)O)n1. The number of nitrogens with one attached hydrogen (secondary N) is 1. The summed E-state index contributed by atoms with van der Waals surface area (Å²) < 4.78 is 0. The number of aromatic nitrogens is 2. The van der Waals surface area contributed by atoms with E-state index in [-0.39, 0.29) is 18.1 Å². The van der Waals surface area contributed by atoms with Gasteiger partial charge in [0, 0.05) is 20.1 Å². The summed E-state index contributed by atoms with van der Waals surface area (Å²) in [5.41, 5.74) is -0.176. The first-order valence-electron chi connectivity index (χ1n) is 6.10. The third-order valence-electron chi connectivity index (χ3n) is 2.38. The smallest absolute Gasteiger partial charge is 0.329 e. The maximum atomic E-state index is 11.0. The van der Waals surface area contributed by atoms with E-state index in [1.807, 2.05) is 6.92 Å². The zero-order valence-corrected chi connectivity index (χ0v) is 11.3. The quantitative estimate of drug-likeness (QED) is 0.562. The molecule has 1 unspecified atom stereocenters. The third-order valence-corrected chi connectivity index (χ3v) is 2.38. The molecule has 1 aromatic heterocycles. The van der Waals surface area contributed by atoms with Gasteiger partial charge in [0.1, 0.15) is 6.20 Å². The van der Waals surface area contributed by atoms with Gasteiger partial charge in [-0.25, -0.2) is 4.98 Å². The van der Waals surface area contributed by atoms with Gasteiger partial charge in [-0.3, -0.25) is 10.1 Å². The molecule has 0 aliphatic carbocycles. The van der Waals surface area contributed by atoms with Crippen LogP contribution in [0.5, 0.6) is 0 Å². The summed E-state index contributed by atoms with van der Waals surface area (Å²) in [6, 6.07) is 0. The van der Waals surface area contributed by atoms with Crippen LogP contribution in [0.25, 0.3) is 0 Å². The van der Waals surface area contributed by atoms with Crippen LogP contribution in [0.3, 0.4) is 0 Å². The molecule has 0 saturated heterocycles. The van der Waals surface area contributed by atoms with Crippen LogP contribution in [-0.4, -0.2) is 46.2 Å². The van der Waals surface area contributed by atoms with Gasteiger partial charge in [-0.05, 0) is 13.3 Å². The molecular formula is C11H19N5O3. The summed E-state index contributed by atoms with van der Waals surface area (Å²) in [5, 5.41) is 23.3. The molecule has 0 amide bonds. The van der Waals surface area contributed by atoms with Crippen molar-refractivity contribution in [1.29, 1.82) is 0 Å². The Kier molecular flexibility index (Phi) is 5.43. The van der Waals surface area contributed by atoms with E-state index in [4.69, 9.17) is 0 Å². The van der Waals surface area contributed by atoms with Gasteiger partial charge in [-0.15, -0.1) is 0 Å². The fourth-order valence-electron chi connectivity index (χ4n) is 1.58. The minimum absolute atomic E-state index is 0.176. The normalized spacial score (nSPS) is 12.0. The van der Waals surface area contributed by atoms with Crippen molar-refractivity contribution in [3.8, 4) is 0 Å². The number of anilines is 2. The second-order valence-corrected chi connectivity index (χ2v) is 4.32. The van der Waals surface area contributed by atoms with Crippen LogP contribution >= 0.6 is 0 Å². The van der Waals surface area contributed by atoms with Crippen LogP contribution in [0.2, 0.25) is 0 Å². The van der Waals surface area contributed by atoms with Crippen LogP contribution in [-0.2, 0) is 0 Å². The Morgan fingerprint density at radius 1 is 1.63 bits per heavy atom. The monoisotopic (exact) mass is 269 g/mol. The number of hydrogen-bond acceptors (Lipinski definition) is 7. The molecule has 1 heterocycles. The van der Waals surface area contributed by atoms with Crippen molar-refractivity contribution >= 4 is 17.5 Å². The molecular weight excluding hydrogens is 250 g/mol. The fourth-order valence-corrected chi connectivity index (χ4v) is 1.58. The van der Waals surface area contributed by atoms with Crippen LogP contribution < -0.4 is 10.2 Å². The largest absolute Gasteiger partial charge is 0.392 e. The predicted molar refractivity (Wildman–Crippen MR) is 72.4 cm³/mol. The lowest BCUT2D eigenvalue weighted by Crippen LogP contribution is -2.28. The van der Waals surface area contributed by atoms with E-state index in [2.05, 4.69) is 15.3 Å². The molecule has 1 rings (SSSR count). The molecule has 106 valence electrons. The lowest BCUT2D eigenvalue weighted by molar-refractivity contribution is -0.384. The molecule has 1 atom stereocenters. The molecule has 0 bridgehead atoms. The maximum absolute atomic E-state index is 11.0. The molecule has 2 N–H and O–H groups in total. The van der Waals surface area contributed by atoms with E-state index in [0.29, 0.717) is 12.5 Å². The van der Waals surface area contributed by atoms with Crippen molar-refractivity contribution < 1.29 is 10.0 Å². The number of hydrogen-bond donors (Lipinski definition) is 2. The Morgan fingerprint density at radius 2 is 2.32 bits per heavy atom. The highest BCUT2D eigenvalue weighted by Gasteiger charge is 2.21. The van der Waals surface area contributed by atoms with Crippen LogP contribution in [0.4, 0.5) is 17.5 Å². The van der Waals surface area contributed by atoms with Gasteiger partial charge in [-0.2, -0.15) is 4.98 Å². The molecule has 8 nitrogen and oxygen atoms in total. The zero-order valence-electron chi connectivity index (χ0n) is 11.3. The van der Waals surface area contributed by atoms with E-state index < -0.39 is 11.0 Å². The highest BCUT2D eigenvalue weighted by molar-refractivity contribution is 5.58. The number of nitro groups is 1. The third kappa shape index (κ3) is 4.32. The molecule has 0 radical (unpaired) electrons. The first kappa shape index (κ1) is 15.1. The first-order valence-corrected chi connectivity index (χ1v) is 6.10. The Hall–Kier alpha value is -1.96. The van der Waals surface area contributed by atoms with E-state index in [9.17, 15) is 15.2 Å². The summed E-state index contributed by atoms with van der Waals surface area (Å²) in [4.78, 5) is 20.0. The average molecular weight is 269 g/mol. The summed E-state index contributed by atoms with van der Waals surface area (Å²) in [6.07, 6.45) is 1.48. The Balaban J connectivity index is 3.04. The number of aliphatic hydroxyl groups excluding tert-OH is 1. The van der Waals surface area contributed by atoms with Crippen LogP contribution in [0, 0.1) is 10.1 Å². The lowest BCUT2D eigenvalue weighted by atomic mass is 10.3. The van der Waals surface area contributed by atoms with E-state index in [1.54, 1.807) is 18.9 Å². The van der Waals surface area contributed by atoms with Crippen molar-refractivity contribution in [2.24, 2.45) is 0 Å². The molecule has 0 aliphatic rings. The molecule has 0 spiro atoms. The van der Waals surface area contributed by atoms with Gasteiger partial charge in [0.05, 0.1) is 11.0 Å². The van der Waals surface area contributed by atoms with Gasteiger partial charge in [0.2, 0.25) is 11.8 Å². The first-order chi connectivity index (χ1) is 8.95. The Labute approximate surface area is 111 Å². The van der Waals surface area contributed by atoms with E-state index in [0.717, 1.165) is 6.42 Å².